The predicted octanol–water partition coefficient (Wildman–Crippen LogP) is 4.54. The molecule has 0 saturated heterocycles. The summed E-state index contributed by atoms with van der Waals surface area (Å²) >= 11 is 0. The Morgan fingerprint density at radius 2 is 1.96 bits per heavy atom. The highest BCUT2D eigenvalue weighted by Crippen LogP contribution is 2.41. The molecule has 0 radical (unpaired) electrons. The quantitative estimate of drug-likeness (QED) is 0.832. The Labute approximate surface area is 138 Å². The van der Waals surface area contributed by atoms with E-state index in [1.165, 1.54) is 33.7 Å². The number of aryl methyl sites for hydroxylation is 1. The van der Waals surface area contributed by atoms with Gasteiger partial charge in [-0.25, -0.2) is 9.97 Å². The lowest BCUT2D eigenvalue weighted by atomic mass is 9.91. The van der Waals surface area contributed by atoms with Gasteiger partial charge in [0.1, 0.15) is 5.82 Å². The van der Waals surface area contributed by atoms with Crippen molar-refractivity contribution in [2.24, 2.45) is 5.92 Å². The molecule has 0 N–H and O–H groups in total. The Hall–Kier alpha value is -2.22. The van der Waals surface area contributed by atoms with Crippen molar-refractivity contribution in [2.45, 2.75) is 39.5 Å². The van der Waals surface area contributed by atoms with Crippen LogP contribution in [0.2, 0.25) is 0 Å². The van der Waals surface area contributed by atoms with E-state index in [9.17, 15) is 0 Å². The Balaban J connectivity index is 1.75. The Morgan fingerprint density at radius 3 is 2.74 bits per heavy atom. The highest BCUT2D eigenvalue weighted by atomic mass is 14.9. The molecule has 23 heavy (non-hydrogen) atoms. The number of hydrogen-bond donors (Lipinski definition) is 0. The minimum atomic E-state index is 0.643. The Kier molecular flexibility index (Phi) is 3.60. The van der Waals surface area contributed by atoms with E-state index in [1.54, 1.807) is 0 Å². The van der Waals surface area contributed by atoms with Crippen LogP contribution in [0, 0.1) is 5.92 Å². The summed E-state index contributed by atoms with van der Waals surface area (Å²) in [5, 5.41) is 0. The molecule has 1 heterocycles. The van der Waals surface area contributed by atoms with Crippen molar-refractivity contribution < 1.29 is 0 Å². The van der Waals surface area contributed by atoms with Gasteiger partial charge in [0.15, 0.2) is 0 Å². The van der Waals surface area contributed by atoms with Crippen LogP contribution in [0.15, 0.2) is 48.1 Å². The third-order valence-electron chi connectivity index (χ3n) is 4.80. The van der Waals surface area contributed by atoms with Crippen molar-refractivity contribution in [1.82, 2.24) is 9.97 Å². The number of benzene rings is 1. The fourth-order valence-corrected chi connectivity index (χ4v) is 3.70. The minimum absolute atomic E-state index is 0.643. The summed E-state index contributed by atoms with van der Waals surface area (Å²) in [6.07, 6.45) is 8.71. The zero-order valence-electron chi connectivity index (χ0n) is 13.8. The molecule has 116 valence electrons. The smallest absolute Gasteiger partial charge is 0.133 e. The van der Waals surface area contributed by atoms with Gasteiger partial charge in [-0.3, -0.25) is 0 Å². The summed E-state index contributed by atoms with van der Waals surface area (Å²) in [4.78, 5) is 9.80. The van der Waals surface area contributed by atoms with Gasteiger partial charge in [-0.05, 0) is 35.5 Å². The summed E-state index contributed by atoms with van der Waals surface area (Å²) in [7, 11) is 0. The minimum Gasteiger partial charge on any atom is -0.237 e. The zero-order chi connectivity index (χ0) is 15.8. The fraction of sp³-hybridized carbons (Fsp3) is 0.333. The molecule has 0 spiro atoms. The van der Waals surface area contributed by atoms with Crippen molar-refractivity contribution in [2.75, 3.05) is 0 Å². The van der Waals surface area contributed by atoms with E-state index in [0.717, 1.165) is 31.5 Å². The lowest BCUT2D eigenvalue weighted by molar-refractivity contribution is 0.731. The van der Waals surface area contributed by atoms with E-state index in [1.807, 2.05) is 0 Å². The van der Waals surface area contributed by atoms with Crippen molar-refractivity contribution >= 4 is 5.57 Å². The van der Waals surface area contributed by atoms with E-state index >= 15 is 0 Å². The molecule has 2 aliphatic rings. The van der Waals surface area contributed by atoms with E-state index in [-0.39, 0.29) is 0 Å². The van der Waals surface area contributed by atoms with Gasteiger partial charge in [-0.15, -0.1) is 0 Å². The Bertz CT molecular complexity index is 800. The molecular formula is C21H22N2. The molecule has 1 atom stereocenters. The van der Waals surface area contributed by atoms with Gasteiger partial charge in [0.2, 0.25) is 0 Å². The molecule has 2 heteroatoms. The molecule has 1 unspecified atom stereocenters. The summed E-state index contributed by atoms with van der Waals surface area (Å²) < 4.78 is 0. The molecule has 0 bridgehead atoms. The summed E-state index contributed by atoms with van der Waals surface area (Å²) in [5.41, 5.74) is 7.90. The van der Waals surface area contributed by atoms with Gasteiger partial charge >= 0.3 is 0 Å². The zero-order valence-corrected chi connectivity index (χ0v) is 13.8. The second kappa shape index (κ2) is 5.77. The maximum absolute atomic E-state index is 4.91. The van der Waals surface area contributed by atoms with Crippen molar-refractivity contribution in [3.05, 3.63) is 76.4 Å². The number of aromatic nitrogens is 2. The topological polar surface area (TPSA) is 25.8 Å². The van der Waals surface area contributed by atoms with E-state index in [0.29, 0.717) is 5.92 Å². The number of fused-ring (bicyclic) bond motifs is 3. The molecule has 0 fully saturated rings. The third-order valence-corrected chi connectivity index (χ3v) is 4.80. The molecule has 2 nitrogen and oxygen atoms in total. The average molecular weight is 302 g/mol. The van der Waals surface area contributed by atoms with Crippen LogP contribution in [0.1, 0.15) is 48.6 Å². The normalized spacial score (nSPS) is 19.0. The monoisotopic (exact) mass is 302 g/mol. The van der Waals surface area contributed by atoms with Crippen LogP contribution >= 0.6 is 0 Å². The highest BCUT2D eigenvalue weighted by molar-refractivity contribution is 5.87. The summed E-state index contributed by atoms with van der Waals surface area (Å²) in [5.74, 6) is 1.60. The van der Waals surface area contributed by atoms with E-state index in [4.69, 9.17) is 9.97 Å². The summed E-state index contributed by atoms with van der Waals surface area (Å²) in [6, 6.07) is 10.5. The first-order valence-electron chi connectivity index (χ1n) is 8.58. The summed E-state index contributed by atoms with van der Waals surface area (Å²) in [6.45, 7) is 4.49. The van der Waals surface area contributed by atoms with Crippen molar-refractivity contribution in [1.29, 1.82) is 0 Å². The molecule has 1 aromatic carbocycles. The first-order valence-corrected chi connectivity index (χ1v) is 8.58. The SMILES string of the molecule is CCc1nc(Cc2ccccc2)nc2c1C1=CCC(C)C=C1C2. The van der Waals surface area contributed by atoms with Gasteiger partial charge in [-0.1, -0.05) is 56.3 Å². The number of hydrogen-bond acceptors (Lipinski definition) is 2. The van der Waals surface area contributed by atoms with Gasteiger partial charge in [0, 0.05) is 18.4 Å². The number of rotatable bonds is 3. The third kappa shape index (κ3) is 2.63. The van der Waals surface area contributed by atoms with Crippen LogP contribution in [0.3, 0.4) is 0 Å². The largest absolute Gasteiger partial charge is 0.237 e. The van der Waals surface area contributed by atoms with E-state index < -0.39 is 0 Å². The number of nitrogens with zero attached hydrogens (tertiary/aromatic N) is 2. The standard InChI is InChI=1S/C21H22N2/c1-3-18-21-17-10-9-14(2)11-16(17)13-19(21)23-20(22-18)12-15-7-5-4-6-8-15/h4-8,10-11,14H,3,9,12-13H2,1-2H3. The first-order chi connectivity index (χ1) is 11.2. The molecule has 0 aliphatic heterocycles. The molecule has 0 saturated carbocycles. The second-order valence-electron chi connectivity index (χ2n) is 6.62. The molecule has 4 rings (SSSR count). The number of allylic oxidation sites excluding steroid dienone is 4. The van der Waals surface area contributed by atoms with Gasteiger partial charge in [-0.2, -0.15) is 0 Å². The van der Waals surface area contributed by atoms with Crippen LogP contribution in [-0.4, -0.2) is 9.97 Å². The molecule has 1 aromatic heterocycles. The van der Waals surface area contributed by atoms with Gasteiger partial charge in [0.05, 0.1) is 11.4 Å². The lowest BCUT2D eigenvalue weighted by Gasteiger charge is -2.15. The van der Waals surface area contributed by atoms with Crippen molar-refractivity contribution in [3.63, 3.8) is 0 Å². The van der Waals surface area contributed by atoms with Crippen LogP contribution in [0.25, 0.3) is 5.57 Å². The highest BCUT2D eigenvalue weighted by Gasteiger charge is 2.28. The molecular weight excluding hydrogens is 280 g/mol. The maximum atomic E-state index is 4.91. The van der Waals surface area contributed by atoms with Crippen LogP contribution in [0.4, 0.5) is 0 Å². The average Bonchev–Trinajstić information content (AvgIpc) is 2.92. The maximum Gasteiger partial charge on any atom is 0.133 e. The second-order valence-corrected chi connectivity index (χ2v) is 6.62. The van der Waals surface area contributed by atoms with Gasteiger partial charge < -0.3 is 0 Å². The first kappa shape index (κ1) is 14.4. The van der Waals surface area contributed by atoms with Crippen LogP contribution < -0.4 is 0 Å². The van der Waals surface area contributed by atoms with Gasteiger partial charge in [0.25, 0.3) is 0 Å². The molecule has 2 aromatic rings. The Morgan fingerprint density at radius 1 is 1.13 bits per heavy atom. The van der Waals surface area contributed by atoms with Crippen LogP contribution in [0.5, 0.6) is 0 Å². The fourth-order valence-electron chi connectivity index (χ4n) is 3.70. The van der Waals surface area contributed by atoms with E-state index in [2.05, 4.69) is 56.3 Å². The predicted molar refractivity (Wildman–Crippen MR) is 94.2 cm³/mol. The lowest BCUT2D eigenvalue weighted by Crippen LogP contribution is -2.06. The molecule has 0 amide bonds. The van der Waals surface area contributed by atoms with Crippen molar-refractivity contribution in [3.8, 4) is 0 Å². The van der Waals surface area contributed by atoms with Crippen LogP contribution in [-0.2, 0) is 19.3 Å². The molecule has 2 aliphatic carbocycles.